The van der Waals surface area contributed by atoms with Gasteiger partial charge < -0.3 is 24.1 Å². The molecule has 0 radical (unpaired) electrons. The highest BCUT2D eigenvalue weighted by Crippen LogP contribution is 2.19. The van der Waals surface area contributed by atoms with Gasteiger partial charge in [0.25, 0.3) is 5.91 Å². The summed E-state index contributed by atoms with van der Waals surface area (Å²) in [7, 11) is 0. The first-order valence-corrected chi connectivity index (χ1v) is 9.02. The van der Waals surface area contributed by atoms with Crippen LogP contribution in [-0.4, -0.2) is 54.2 Å². The lowest BCUT2D eigenvalue weighted by atomic mass is 10.2. The Morgan fingerprint density at radius 2 is 1.89 bits per heavy atom. The lowest BCUT2D eigenvalue weighted by Gasteiger charge is -2.28. The van der Waals surface area contributed by atoms with Crippen molar-refractivity contribution in [3.8, 4) is 0 Å². The molecule has 0 bridgehead atoms. The number of aromatic nitrogens is 2. The molecule has 3 aromatic rings. The summed E-state index contributed by atoms with van der Waals surface area (Å²) in [6.07, 6.45) is 3.35. The number of hydrogen-bond acceptors (Lipinski definition) is 6. The topological polar surface area (TPSA) is 85.2 Å². The Labute approximate surface area is 161 Å². The van der Waals surface area contributed by atoms with Crippen molar-refractivity contribution in [1.29, 1.82) is 0 Å². The second-order valence-corrected chi connectivity index (χ2v) is 6.36. The minimum atomic E-state index is -0.637. The van der Waals surface area contributed by atoms with Crippen LogP contribution in [0.1, 0.15) is 10.5 Å². The minimum absolute atomic E-state index is 0.161. The summed E-state index contributed by atoms with van der Waals surface area (Å²) in [6, 6.07) is 13.0. The van der Waals surface area contributed by atoms with E-state index in [1.165, 1.54) is 0 Å². The Balaban J connectivity index is 1.29. The number of nitrogens with zero attached hydrogens (tertiary/aromatic N) is 3. The summed E-state index contributed by atoms with van der Waals surface area (Å²) >= 11 is 0. The number of carbonyl (C=O) groups is 2. The smallest absolute Gasteiger partial charge is 0.359 e. The molecule has 2 aromatic heterocycles. The van der Waals surface area contributed by atoms with Crippen LogP contribution in [0.4, 0.5) is 11.4 Å². The quantitative estimate of drug-likeness (QED) is 0.681. The van der Waals surface area contributed by atoms with Crippen molar-refractivity contribution in [3.63, 3.8) is 0 Å². The number of hydrogen-bond donors (Lipinski definition) is 1. The molecule has 1 amide bonds. The van der Waals surface area contributed by atoms with Crippen molar-refractivity contribution in [1.82, 2.24) is 9.38 Å². The third kappa shape index (κ3) is 4.12. The van der Waals surface area contributed by atoms with Crippen LogP contribution >= 0.6 is 0 Å². The maximum Gasteiger partial charge on any atom is 0.359 e. The molecular weight excluding hydrogens is 360 g/mol. The fourth-order valence-electron chi connectivity index (χ4n) is 3.01. The van der Waals surface area contributed by atoms with E-state index < -0.39 is 11.9 Å². The molecule has 0 atom stereocenters. The average molecular weight is 380 g/mol. The molecule has 3 heterocycles. The Morgan fingerprint density at radius 3 is 2.64 bits per heavy atom. The second-order valence-electron chi connectivity index (χ2n) is 6.36. The predicted octanol–water partition coefficient (Wildman–Crippen LogP) is 1.97. The molecule has 1 aliphatic rings. The van der Waals surface area contributed by atoms with Crippen LogP contribution in [0.3, 0.4) is 0 Å². The van der Waals surface area contributed by atoms with Crippen LogP contribution in [0.15, 0.2) is 54.9 Å². The number of amides is 1. The van der Waals surface area contributed by atoms with E-state index >= 15 is 0 Å². The summed E-state index contributed by atoms with van der Waals surface area (Å²) in [5.41, 5.74) is 2.53. The highest BCUT2D eigenvalue weighted by atomic mass is 16.5. The molecule has 144 valence electrons. The Hall–Kier alpha value is -3.39. The van der Waals surface area contributed by atoms with E-state index in [2.05, 4.69) is 15.2 Å². The van der Waals surface area contributed by atoms with Gasteiger partial charge in [0, 0.05) is 36.9 Å². The van der Waals surface area contributed by atoms with Gasteiger partial charge in [-0.3, -0.25) is 4.79 Å². The maximum absolute atomic E-state index is 12.1. The van der Waals surface area contributed by atoms with Gasteiger partial charge >= 0.3 is 5.97 Å². The van der Waals surface area contributed by atoms with Gasteiger partial charge in [-0.2, -0.15) is 0 Å². The lowest BCUT2D eigenvalue weighted by Crippen LogP contribution is -2.36. The van der Waals surface area contributed by atoms with Crippen molar-refractivity contribution in [2.45, 2.75) is 0 Å². The minimum Gasteiger partial charge on any atom is -0.451 e. The van der Waals surface area contributed by atoms with E-state index in [1.54, 1.807) is 22.9 Å². The van der Waals surface area contributed by atoms with Gasteiger partial charge in [-0.25, -0.2) is 9.78 Å². The van der Waals surface area contributed by atoms with Crippen LogP contribution in [0.2, 0.25) is 0 Å². The summed E-state index contributed by atoms with van der Waals surface area (Å²) < 4.78 is 12.1. The number of pyridine rings is 1. The molecule has 8 heteroatoms. The first kappa shape index (κ1) is 18.0. The average Bonchev–Trinajstić information content (AvgIpc) is 3.18. The van der Waals surface area contributed by atoms with E-state index in [9.17, 15) is 9.59 Å². The number of esters is 1. The largest absolute Gasteiger partial charge is 0.451 e. The van der Waals surface area contributed by atoms with E-state index in [1.807, 2.05) is 36.4 Å². The molecule has 1 N–H and O–H groups in total. The van der Waals surface area contributed by atoms with Gasteiger partial charge in [0.1, 0.15) is 5.65 Å². The fraction of sp³-hybridized carbons (Fsp3) is 0.250. The van der Waals surface area contributed by atoms with E-state index in [-0.39, 0.29) is 12.3 Å². The van der Waals surface area contributed by atoms with Crippen LogP contribution in [0, 0.1) is 0 Å². The van der Waals surface area contributed by atoms with Gasteiger partial charge in [-0.05, 0) is 36.4 Å². The summed E-state index contributed by atoms with van der Waals surface area (Å²) in [5.74, 6) is -1.04. The van der Waals surface area contributed by atoms with Gasteiger partial charge in [0.05, 0.1) is 13.2 Å². The SMILES string of the molecule is O=C(COC(=O)c1cn2ccccc2n1)Nc1ccc(N2CCOCC2)cc1. The number of imidazole rings is 1. The highest BCUT2D eigenvalue weighted by Gasteiger charge is 2.15. The molecule has 1 saturated heterocycles. The number of benzene rings is 1. The van der Waals surface area contributed by atoms with Crippen molar-refractivity contribution >= 4 is 28.9 Å². The normalized spacial score (nSPS) is 14.1. The summed E-state index contributed by atoms with van der Waals surface area (Å²) in [4.78, 5) is 30.6. The third-order valence-corrected chi connectivity index (χ3v) is 4.43. The zero-order chi connectivity index (χ0) is 19.3. The Kier molecular flexibility index (Phi) is 5.20. The number of carbonyl (C=O) groups excluding carboxylic acids is 2. The first-order chi connectivity index (χ1) is 13.7. The van der Waals surface area contributed by atoms with E-state index in [0.717, 1.165) is 32.0 Å². The Bertz CT molecular complexity index is 944. The standard InChI is InChI=1S/C20H20N4O4/c25-19(14-28-20(26)17-13-24-8-2-1-3-18(24)22-17)21-15-4-6-16(7-5-15)23-9-11-27-12-10-23/h1-8,13H,9-12,14H2,(H,21,25). The van der Waals surface area contributed by atoms with Crippen LogP contribution in [-0.2, 0) is 14.3 Å². The number of nitrogens with one attached hydrogen (secondary N) is 1. The number of morpholine rings is 1. The lowest BCUT2D eigenvalue weighted by molar-refractivity contribution is -0.119. The van der Waals surface area contributed by atoms with Gasteiger partial charge in [0.15, 0.2) is 12.3 Å². The highest BCUT2D eigenvalue weighted by molar-refractivity contribution is 5.95. The second kappa shape index (κ2) is 8.10. The van der Waals surface area contributed by atoms with Crippen LogP contribution in [0.25, 0.3) is 5.65 Å². The Morgan fingerprint density at radius 1 is 1.11 bits per heavy atom. The number of ether oxygens (including phenoxy) is 2. The molecule has 0 spiro atoms. The van der Waals surface area contributed by atoms with Gasteiger partial charge in [-0.1, -0.05) is 6.07 Å². The van der Waals surface area contributed by atoms with Gasteiger partial charge in [0.2, 0.25) is 0 Å². The molecule has 1 aliphatic heterocycles. The number of rotatable bonds is 5. The fourth-order valence-corrected chi connectivity index (χ4v) is 3.01. The number of fused-ring (bicyclic) bond motifs is 1. The molecular formula is C20H20N4O4. The molecule has 1 aromatic carbocycles. The molecule has 0 saturated carbocycles. The summed E-state index contributed by atoms with van der Waals surface area (Å²) in [5, 5.41) is 2.72. The maximum atomic E-state index is 12.1. The van der Waals surface area contributed by atoms with E-state index in [4.69, 9.17) is 9.47 Å². The summed E-state index contributed by atoms with van der Waals surface area (Å²) in [6.45, 7) is 2.76. The zero-order valence-electron chi connectivity index (χ0n) is 15.2. The molecule has 1 fully saturated rings. The van der Waals surface area contributed by atoms with Crippen molar-refractivity contribution in [2.24, 2.45) is 0 Å². The first-order valence-electron chi connectivity index (χ1n) is 9.02. The molecule has 28 heavy (non-hydrogen) atoms. The van der Waals surface area contributed by atoms with Crippen molar-refractivity contribution < 1.29 is 19.1 Å². The van der Waals surface area contributed by atoms with E-state index in [0.29, 0.717) is 11.3 Å². The molecule has 8 nitrogen and oxygen atoms in total. The molecule has 4 rings (SSSR count). The van der Waals surface area contributed by atoms with Crippen LogP contribution in [0.5, 0.6) is 0 Å². The van der Waals surface area contributed by atoms with Crippen LogP contribution < -0.4 is 10.2 Å². The monoisotopic (exact) mass is 380 g/mol. The third-order valence-electron chi connectivity index (χ3n) is 4.43. The zero-order valence-corrected chi connectivity index (χ0v) is 15.2. The predicted molar refractivity (Wildman–Crippen MR) is 104 cm³/mol. The van der Waals surface area contributed by atoms with Crippen molar-refractivity contribution in [3.05, 3.63) is 60.6 Å². The molecule has 0 unspecified atom stereocenters. The number of anilines is 2. The van der Waals surface area contributed by atoms with Crippen molar-refractivity contribution in [2.75, 3.05) is 43.1 Å². The van der Waals surface area contributed by atoms with Gasteiger partial charge in [-0.15, -0.1) is 0 Å². The molecule has 0 aliphatic carbocycles.